The maximum atomic E-state index is 12.9. The lowest BCUT2D eigenvalue weighted by atomic mass is 10.1. The Kier molecular flexibility index (Phi) is 9.53. The predicted octanol–water partition coefficient (Wildman–Crippen LogP) is 1.61. The van der Waals surface area contributed by atoms with Gasteiger partial charge >= 0.3 is 12.1 Å². The minimum absolute atomic E-state index is 0.00399. The lowest BCUT2D eigenvalue weighted by molar-refractivity contribution is -0.282. The average molecular weight is 563 g/mol. The molecule has 3 heterocycles. The van der Waals surface area contributed by atoms with Gasteiger partial charge in [-0.2, -0.15) is 18.2 Å². The topological polar surface area (TPSA) is 134 Å². The van der Waals surface area contributed by atoms with Crippen LogP contribution in [0.1, 0.15) is 18.7 Å². The number of carbonyl (C=O) groups is 1. The molecule has 3 rings (SSSR count). The third-order valence-corrected chi connectivity index (χ3v) is 6.86. The number of H-pyrrole nitrogens is 1. The van der Waals surface area contributed by atoms with Crippen LogP contribution in [-0.4, -0.2) is 94.1 Å². The molecule has 202 valence electrons. The number of ether oxygens (including phenoxy) is 2. The van der Waals surface area contributed by atoms with Crippen LogP contribution in [0.4, 0.5) is 19.1 Å². The van der Waals surface area contributed by atoms with Crippen molar-refractivity contribution in [2.75, 3.05) is 33.5 Å². The summed E-state index contributed by atoms with van der Waals surface area (Å²) < 4.78 is 50.6. The molecule has 0 aromatic carbocycles. The van der Waals surface area contributed by atoms with Crippen LogP contribution in [0, 0.1) is 11.8 Å². The summed E-state index contributed by atoms with van der Waals surface area (Å²) in [6, 6.07) is 0. The molecule has 2 aromatic rings. The van der Waals surface area contributed by atoms with Gasteiger partial charge in [-0.25, -0.2) is 4.99 Å². The number of aromatic nitrogens is 3. The number of fused-ring (bicyclic) bond motifs is 1. The zero-order valence-electron chi connectivity index (χ0n) is 20.2. The number of halogens is 3. The van der Waals surface area contributed by atoms with Gasteiger partial charge in [0.1, 0.15) is 17.6 Å². The summed E-state index contributed by atoms with van der Waals surface area (Å²) >= 11 is 0. The summed E-state index contributed by atoms with van der Waals surface area (Å²) in [5.41, 5.74) is -0.525. The Morgan fingerprint density at radius 1 is 1.51 bits per heavy atom. The first-order valence-corrected chi connectivity index (χ1v) is 13.4. The van der Waals surface area contributed by atoms with Crippen molar-refractivity contribution >= 4 is 50.8 Å². The van der Waals surface area contributed by atoms with Crippen LogP contribution < -0.4 is 10.9 Å². The summed E-state index contributed by atoms with van der Waals surface area (Å²) in [6.45, 7) is 0.958. The number of hydrogen-bond acceptors (Lipinski definition) is 9. The molecule has 3 N–H and O–H groups in total. The van der Waals surface area contributed by atoms with Gasteiger partial charge in [0.2, 0.25) is 5.95 Å². The van der Waals surface area contributed by atoms with E-state index in [1.165, 1.54) is 38.7 Å². The van der Waals surface area contributed by atoms with Gasteiger partial charge in [0.05, 0.1) is 30.4 Å². The lowest BCUT2D eigenvalue weighted by Gasteiger charge is -2.44. The van der Waals surface area contributed by atoms with Gasteiger partial charge in [-0.1, -0.05) is 33.4 Å². The maximum absolute atomic E-state index is 12.9. The van der Waals surface area contributed by atoms with E-state index >= 15 is 0 Å². The average Bonchev–Trinajstić information content (AvgIpc) is 3.16. The Morgan fingerprint density at radius 2 is 2.24 bits per heavy atom. The fourth-order valence-corrected chi connectivity index (χ4v) is 4.76. The summed E-state index contributed by atoms with van der Waals surface area (Å²) in [6.07, 6.45) is -2.21. The molecule has 3 unspecified atom stereocenters. The van der Waals surface area contributed by atoms with Crippen molar-refractivity contribution < 1.29 is 32.5 Å². The van der Waals surface area contributed by atoms with E-state index < -0.39 is 42.6 Å². The second kappa shape index (κ2) is 12.2. The highest BCUT2D eigenvalue weighted by Crippen LogP contribution is 2.39. The first kappa shape index (κ1) is 28.9. The highest BCUT2D eigenvalue weighted by Gasteiger charge is 2.46. The van der Waals surface area contributed by atoms with E-state index in [-0.39, 0.29) is 34.6 Å². The van der Waals surface area contributed by atoms with Crippen LogP contribution in [0.5, 0.6) is 0 Å². The van der Waals surface area contributed by atoms with Crippen molar-refractivity contribution in [2.45, 2.75) is 37.0 Å². The van der Waals surface area contributed by atoms with E-state index in [1.807, 2.05) is 13.2 Å². The van der Waals surface area contributed by atoms with Crippen LogP contribution in [-0.2, 0) is 14.3 Å². The predicted molar refractivity (Wildman–Crippen MR) is 135 cm³/mol. The molecule has 0 radical (unpaired) electrons. The Hall–Kier alpha value is -2.71. The molecule has 4 atom stereocenters. The highest BCUT2D eigenvalue weighted by molar-refractivity contribution is 8.76. The van der Waals surface area contributed by atoms with Crippen LogP contribution in [0.2, 0.25) is 0 Å². The highest BCUT2D eigenvalue weighted by atomic mass is 33.1. The molecule has 1 saturated heterocycles. The monoisotopic (exact) mass is 562 g/mol. The van der Waals surface area contributed by atoms with Crippen molar-refractivity contribution in [1.29, 1.82) is 0 Å². The minimum Gasteiger partial charge on any atom is -0.394 e. The molecule has 1 fully saturated rings. The molecule has 0 saturated carbocycles. The molecular formula is C21H25F3N6O5S2. The maximum Gasteiger partial charge on any atom is 0.471 e. The zero-order valence-corrected chi connectivity index (χ0v) is 21.8. The Bertz CT molecular complexity index is 1270. The van der Waals surface area contributed by atoms with Crippen molar-refractivity contribution in [3.63, 3.8) is 0 Å². The van der Waals surface area contributed by atoms with Crippen molar-refractivity contribution in [2.24, 2.45) is 4.99 Å². The molecule has 1 amide bonds. The quantitative estimate of drug-likeness (QED) is 0.137. The number of aliphatic hydroxyl groups excluding tert-OH is 1. The van der Waals surface area contributed by atoms with Gasteiger partial charge in [-0.05, 0) is 13.2 Å². The standard InChI is InChI=1S/C21H25F3N6O5S2/c1-11(37-36-4)34-15-13(9-31)35-18(15)30-8-12(6-5-7-25-19(33)21(22,23)24)14-16(30)27-20(28-17(14)32)26-10-29(2)3/h8,10-11,13,15,18,31H,7,9H2,1-4H3,(H,25,33)(H,27,28,32)/t11-,13?,15?,18?/m1/s1. The van der Waals surface area contributed by atoms with Crippen molar-refractivity contribution in [3.05, 3.63) is 22.1 Å². The smallest absolute Gasteiger partial charge is 0.394 e. The SMILES string of the molecule is CSS[C@H](C)OC1C(CO)OC1n1cc(C#CCNC(=O)C(F)(F)F)c2c(=O)[nH]c(N=CN(C)C)nc21. The van der Waals surface area contributed by atoms with E-state index in [4.69, 9.17) is 9.47 Å². The number of carbonyl (C=O) groups excluding carboxylic acids is 1. The van der Waals surface area contributed by atoms with Crippen molar-refractivity contribution in [1.82, 2.24) is 24.8 Å². The number of amides is 1. The van der Waals surface area contributed by atoms with E-state index in [0.717, 1.165) is 0 Å². The number of alkyl halides is 3. The molecular weight excluding hydrogens is 537 g/mol. The molecule has 11 nitrogen and oxygen atoms in total. The number of nitrogens with one attached hydrogen (secondary N) is 2. The van der Waals surface area contributed by atoms with Crippen LogP contribution in [0.3, 0.4) is 0 Å². The Balaban J connectivity index is 2.02. The number of aromatic amines is 1. The number of hydrogen-bond donors (Lipinski definition) is 3. The molecule has 0 bridgehead atoms. The second-order valence-electron chi connectivity index (χ2n) is 7.91. The Labute approximate surface area is 217 Å². The number of aliphatic imine (C=N–C) groups is 1. The third-order valence-electron chi connectivity index (χ3n) is 4.90. The molecule has 37 heavy (non-hydrogen) atoms. The van der Waals surface area contributed by atoms with E-state index in [1.54, 1.807) is 24.3 Å². The molecule has 1 aliphatic heterocycles. The number of rotatable bonds is 9. The zero-order chi connectivity index (χ0) is 27.3. The fourth-order valence-electron chi connectivity index (χ4n) is 3.36. The van der Waals surface area contributed by atoms with Gasteiger partial charge < -0.3 is 29.4 Å². The largest absolute Gasteiger partial charge is 0.471 e. The van der Waals surface area contributed by atoms with Crippen LogP contribution in [0.25, 0.3) is 11.0 Å². The van der Waals surface area contributed by atoms with Gasteiger partial charge in [0.15, 0.2) is 11.9 Å². The van der Waals surface area contributed by atoms with Crippen LogP contribution in [0.15, 0.2) is 16.0 Å². The van der Waals surface area contributed by atoms with Crippen LogP contribution >= 0.6 is 21.6 Å². The van der Waals surface area contributed by atoms with Crippen molar-refractivity contribution in [3.8, 4) is 11.8 Å². The number of aliphatic hydroxyl groups is 1. The van der Waals surface area contributed by atoms with E-state index in [9.17, 15) is 27.9 Å². The summed E-state index contributed by atoms with van der Waals surface area (Å²) in [5.74, 6) is 2.91. The summed E-state index contributed by atoms with van der Waals surface area (Å²) in [4.78, 5) is 36.7. The third kappa shape index (κ3) is 6.99. The fraction of sp³-hybridized carbons (Fsp3) is 0.524. The summed E-state index contributed by atoms with van der Waals surface area (Å²) in [7, 11) is 6.46. The summed E-state index contributed by atoms with van der Waals surface area (Å²) in [5, 5.41) is 11.4. The van der Waals surface area contributed by atoms with E-state index in [2.05, 4.69) is 26.8 Å². The molecule has 0 spiro atoms. The lowest BCUT2D eigenvalue weighted by Crippen LogP contribution is -2.54. The van der Waals surface area contributed by atoms with Gasteiger partial charge in [0.25, 0.3) is 5.56 Å². The van der Waals surface area contributed by atoms with E-state index in [0.29, 0.717) is 0 Å². The first-order chi connectivity index (χ1) is 17.5. The molecule has 1 aliphatic rings. The molecule has 2 aromatic heterocycles. The molecule has 0 aliphatic carbocycles. The second-order valence-corrected chi connectivity index (χ2v) is 10.7. The normalized spacial score (nSPS) is 20.4. The minimum atomic E-state index is -5.03. The van der Waals surface area contributed by atoms with Gasteiger partial charge in [-0.15, -0.1) is 0 Å². The van der Waals surface area contributed by atoms with Gasteiger partial charge in [0, 0.05) is 20.3 Å². The number of nitrogens with zero attached hydrogens (tertiary/aromatic N) is 4. The first-order valence-electron chi connectivity index (χ1n) is 10.8. The molecule has 16 heteroatoms. The van der Waals surface area contributed by atoms with Gasteiger partial charge in [-0.3, -0.25) is 14.6 Å². The Morgan fingerprint density at radius 3 is 2.86 bits per heavy atom.